The van der Waals surface area contributed by atoms with Crippen LogP contribution in [0.3, 0.4) is 0 Å². The lowest BCUT2D eigenvalue weighted by Gasteiger charge is -2.29. The molecule has 0 aliphatic carbocycles. The number of hydrogen-bond acceptors (Lipinski definition) is 3. The van der Waals surface area contributed by atoms with E-state index in [1.165, 1.54) is 29.0 Å². The highest BCUT2D eigenvalue weighted by Gasteiger charge is 2.46. The van der Waals surface area contributed by atoms with Gasteiger partial charge >= 0.3 is 15.5 Å². The first kappa shape index (κ1) is 18.2. The van der Waals surface area contributed by atoms with E-state index < -0.39 is 15.5 Å². The fourth-order valence-electron chi connectivity index (χ4n) is 2.74. The molecule has 9 heteroatoms. The van der Waals surface area contributed by atoms with Crippen molar-refractivity contribution >= 4 is 27.3 Å². The van der Waals surface area contributed by atoms with Gasteiger partial charge in [-0.2, -0.15) is 21.6 Å². The number of aryl methyl sites for hydroxylation is 1. The lowest BCUT2D eigenvalue weighted by atomic mass is 10.0. The van der Waals surface area contributed by atoms with E-state index in [9.17, 15) is 26.4 Å². The van der Waals surface area contributed by atoms with Crippen molar-refractivity contribution in [2.75, 3.05) is 9.62 Å². The number of para-hydroxylation sites is 1. The van der Waals surface area contributed by atoms with Crippen LogP contribution >= 0.6 is 0 Å². The van der Waals surface area contributed by atoms with E-state index in [4.69, 9.17) is 0 Å². The van der Waals surface area contributed by atoms with Gasteiger partial charge in [0.25, 0.3) is 0 Å². The van der Waals surface area contributed by atoms with Crippen molar-refractivity contribution < 1.29 is 26.4 Å². The normalized spacial score (nSPS) is 14.9. The predicted octanol–water partition coefficient (Wildman–Crippen LogP) is 3.43. The first-order valence-corrected chi connectivity index (χ1v) is 9.22. The fraction of sp³-hybridized carbons (Fsp3) is 0.235. The smallest absolute Gasteiger partial charge is 0.308 e. The van der Waals surface area contributed by atoms with Crippen LogP contribution in [0.2, 0.25) is 0 Å². The summed E-state index contributed by atoms with van der Waals surface area (Å²) < 4.78 is 60.9. The summed E-state index contributed by atoms with van der Waals surface area (Å²) in [5.41, 5.74) is -3.04. The van der Waals surface area contributed by atoms with Gasteiger partial charge in [0.05, 0.1) is 6.54 Å². The Morgan fingerprint density at radius 3 is 2.31 bits per heavy atom. The molecule has 1 aliphatic rings. The third-order valence-corrected chi connectivity index (χ3v) is 5.16. The Balaban J connectivity index is 1.77. The van der Waals surface area contributed by atoms with Crippen molar-refractivity contribution in [2.24, 2.45) is 0 Å². The highest BCUT2D eigenvalue weighted by atomic mass is 32.2. The van der Waals surface area contributed by atoms with Gasteiger partial charge in [0.1, 0.15) is 0 Å². The molecule has 1 heterocycles. The summed E-state index contributed by atoms with van der Waals surface area (Å²) in [4.78, 5) is 13.9. The topological polar surface area (TPSA) is 66.5 Å². The van der Waals surface area contributed by atoms with Gasteiger partial charge in [-0.3, -0.25) is 9.52 Å². The molecule has 0 spiro atoms. The molecular formula is C17H15F3N2O3S. The van der Waals surface area contributed by atoms with Crippen molar-refractivity contribution in [1.29, 1.82) is 0 Å². The number of nitrogens with zero attached hydrogens (tertiary/aromatic N) is 1. The average Bonchev–Trinajstić information content (AvgIpc) is 2.58. The van der Waals surface area contributed by atoms with Crippen LogP contribution in [0.15, 0.2) is 48.5 Å². The molecule has 0 bridgehead atoms. The van der Waals surface area contributed by atoms with Crippen molar-refractivity contribution in [2.45, 2.75) is 24.9 Å². The van der Waals surface area contributed by atoms with E-state index in [0.29, 0.717) is 18.4 Å². The molecule has 1 aliphatic heterocycles. The Bertz CT molecular complexity index is 925. The summed E-state index contributed by atoms with van der Waals surface area (Å²) in [5, 5.41) is 0. The van der Waals surface area contributed by atoms with Crippen LogP contribution in [0, 0.1) is 0 Å². The number of benzene rings is 2. The summed E-state index contributed by atoms with van der Waals surface area (Å²) >= 11 is 0. The van der Waals surface area contributed by atoms with Gasteiger partial charge in [0, 0.05) is 17.8 Å². The zero-order valence-electron chi connectivity index (χ0n) is 13.5. The summed E-state index contributed by atoms with van der Waals surface area (Å²) in [6, 6.07) is 13.0. The number of amides is 1. The van der Waals surface area contributed by atoms with Gasteiger partial charge in [-0.15, -0.1) is 0 Å². The van der Waals surface area contributed by atoms with Gasteiger partial charge in [0.2, 0.25) is 5.91 Å². The molecule has 0 fully saturated rings. The minimum absolute atomic E-state index is 0.0365. The zero-order valence-corrected chi connectivity index (χ0v) is 14.3. The van der Waals surface area contributed by atoms with Crippen molar-refractivity contribution in [3.8, 4) is 0 Å². The van der Waals surface area contributed by atoms with E-state index in [2.05, 4.69) is 0 Å². The predicted molar refractivity (Wildman–Crippen MR) is 91.0 cm³/mol. The number of rotatable bonds is 4. The Hall–Kier alpha value is -2.55. The van der Waals surface area contributed by atoms with Crippen LogP contribution in [0.1, 0.15) is 17.5 Å². The molecule has 26 heavy (non-hydrogen) atoms. The molecule has 5 nitrogen and oxygen atoms in total. The first-order valence-electron chi connectivity index (χ1n) is 7.74. The van der Waals surface area contributed by atoms with Crippen LogP contribution in [0.25, 0.3) is 0 Å². The number of carbonyl (C=O) groups is 1. The maximum atomic E-state index is 12.4. The van der Waals surface area contributed by atoms with Crippen LogP contribution in [0.5, 0.6) is 0 Å². The van der Waals surface area contributed by atoms with Gasteiger partial charge in [-0.05, 0) is 35.7 Å². The van der Waals surface area contributed by atoms with E-state index >= 15 is 0 Å². The minimum atomic E-state index is -5.45. The molecule has 2 aromatic rings. The van der Waals surface area contributed by atoms with Crippen LogP contribution in [-0.4, -0.2) is 19.8 Å². The lowest BCUT2D eigenvalue weighted by molar-refractivity contribution is -0.119. The quantitative estimate of drug-likeness (QED) is 0.878. The molecule has 1 N–H and O–H groups in total. The minimum Gasteiger partial charge on any atom is -0.308 e. The Morgan fingerprint density at radius 1 is 1.00 bits per heavy atom. The van der Waals surface area contributed by atoms with E-state index in [0.717, 1.165) is 11.3 Å². The number of sulfonamides is 1. The number of hydrogen-bond donors (Lipinski definition) is 1. The third kappa shape index (κ3) is 3.67. The highest BCUT2D eigenvalue weighted by Crippen LogP contribution is 2.29. The summed E-state index contributed by atoms with van der Waals surface area (Å²) in [5.74, 6) is -0.0365. The largest absolute Gasteiger partial charge is 0.516 e. The van der Waals surface area contributed by atoms with Crippen molar-refractivity contribution in [3.05, 3.63) is 59.7 Å². The van der Waals surface area contributed by atoms with E-state index in [-0.39, 0.29) is 18.1 Å². The summed E-state index contributed by atoms with van der Waals surface area (Å²) in [6.07, 6.45) is 1.06. The molecule has 2 aromatic carbocycles. The van der Waals surface area contributed by atoms with Crippen LogP contribution in [0.4, 0.5) is 24.5 Å². The van der Waals surface area contributed by atoms with E-state index in [1.807, 2.05) is 24.3 Å². The van der Waals surface area contributed by atoms with Crippen molar-refractivity contribution in [3.63, 3.8) is 0 Å². The van der Waals surface area contributed by atoms with Gasteiger partial charge in [-0.1, -0.05) is 30.3 Å². The molecule has 1 amide bonds. The molecule has 0 saturated carbocycles. The van der Waals surface area contributed by atoms with E-state index in [1.54, 1.807) is 4.90 Å². The monoisotopic (exact) mass is 384 g/mol. The summed E-state index contributed by atoms with van der Waals surface area (Å²) in [6.45, 7) is 0.252. The second-order valence-corrected chi connectivity index (χ2v) is 7.53. The number of fused-ring (bicyclic) bond motifs is 1. The molecule has 0 saturated heterocycles. The average molecular weight is 384 g/mol. The SMILES string of the molecule is O=C1CCc2ccccc2N1Cc1ccc(NS(=O)(=O)C(F)(F)F)cc1. The molecular weight excluding hydrogens is 369 g/mol. The molecule has 0 atom stereocenters. The second kappa shape index (κ2) is 6.64. The maximum Gasteiger partial charge on any atom is 0.516 e. The molecule has 138 valence electrons. The number of anilines is 2. The Kier molecular flexibility index (Phi) is 4.66. The number of carbonyl (C=O) groups excluding carboxylic acids is 1. The molecule has 0 aromatic heterocycles. The number of nitrogens with one attached hydrogen (secondary N) is 1. The Morgan fingerprint density at radius 2 is 1.65 bits per heavy atom. The van der Waals surface area contributed by atoms with Crippen molar-refractivity contribution in [1.82, 2.24) is 0 Å². The Labute approximate surface area is 148 Å². The third-order valence-electron chi connectivity index (χ3n) is 4.04. The van der Waals surface area contributed by atoms with Crippen LogP contribution < -0.4 is 9.62 Å². The fourth-order valence-corrected chi connectivity index (χ4v) is 3.31. The van der Waals surface area contributed by atoms with Gasteiger partial charge in [0.15, 0.2) is 0 Å². The molecule has 0 radical (unpaired) electrons. The van der Waals surface area contributed by atoms with Gasteiger partial charge in [-0.25, -0.2) is 0 Å². The summed E-state index contributed by atoms with van der Waals surface area (Å²) in [7, 11) is -5.45. The van der Waals surface area contributed by atoms with Crippen LogP contribution in [-0.2, 0) is 27.8 Å². The lowest BCUT2D eigenvalue weighted by Crippen LogP contribution is -2.34. The highest BCUT2D eigenvalue weighted by molar-refractivity contribution is 7.93. The standard InChI is InChI=1S/C17H15F3N2O3S/c18-17(19,20)26(24,25)21-14-8-5-12(6-9-14)11-22-15-4-2-1-3-13(15)7-10-16(22)23/h1-6,8-9,21H,7,10-11H2. The number of alkyl halides is 3. The maximum absolute atomic E-state index is 12.4. The number of halogens is 3. The second-order valence-electron chi connectivity index (χ2n) is 5.86. The molecule has 0 unspecified atom stereocenters. The van der Waals surface area contributed by atoms with Gasteiger partial charge < -0.3 is 4.90 Å². The molecule has 3 rings (SSSR count). The zero-order chi connectivity index (χ0) is 18.9. The first-order chi connectivity index (χ1) is 12.2.